The molecule has 9 heteroatoms. The second-order valence-corrected chi connectivity index (χ2v) is 7.24. The van der Waals surface area contributed by atoms with Gasteiger partial charge in [-0.05, 0) is 42.0 Å². The van der Waals surface area contributed by atoms with Gasteiger partial charge in [0.2, 0.25) is 0 Å². The van der Waals surface area contributed by atoms with Crippen molar-refractivity contribution in [1.82, 2.24) is 14.5 Å². The number of esters is 1. The zero-order chi connectivity index (χ0) is 24.1. The maximum absolute atomic E-state index is 12.8. The first-order valence-electron chi connectivity index (χ1n) is 10.2. The third-order valence-electron chi connectivity index (χ3n) is 5.15. The van der Waals surface area contributed by atoms with E-state index in [-0.39, 0.29) is 24.4 Å². The van der Waals surface area contributed by atoms with Gasteiger partial charge in [-0.15, -0.1) is 0 Å². The van der Waals surface area contributed by atoms with Crippen LogP contribution in [0.1, 0.15) is 26.4 Å². The summed E-state index contributed by atoms with van der Waals surface area (Å²) in [6.45, 7) is 0.330. The van der Waals surface area contributed by atoms with Crippen LogP contribution in [-0.2, 0) is 11.3 Å². The van der Waals surface area contributed by atoms with Crippen LogP contribution in [0.3, 0.4) is 0 Å². The van der Waals surface area contributed by atoms with E-state index >= 15 is 0 Å². The van der Waals surface area contributed by atoms with E-state index in [1.807, 2.05) is 6.07 Å². The first-order valence-corrected chi connectivity index (χ1v) is 10.2. The van der Waals surface area contributed by atoms with E-state index < -0.39 is 5.97 Å². The number of benzene rings is 2. The zero-order valence-corrected chi connectivity index (χ0v) is 18.1. The second kappa shape index (κ2) is 9.75. The Morgan fingerprint density at radius 2 is 2.03 bits per heavy atom. The molecular weight excluding hydrogens is 436 g/mol. The molecule has 0 aliphatic rings. The number of aldehydes is 1. The smallest absolute Gasteiger partial charge is 0.337 e. The Hall–Kier alpha value is -4.84. The van der Waals surface area contributed by atoms with Gasteiger partial charge >= 0.3 is 5.97 Å². The van der Waals surface area contributed by atoms with Gasteiger partial charge in [-0.25, -0.2) is 14.8 Å². The third-order valence-corrected chi connectivity index (χ3v) is 5.15. The number of ether oxygens (including phenoxy) is 2. The van der Waals surface area contributed by atoms with Crippen molar-refractivity contribution in [2.75, 3.05) is 13.7 Å². The van der Waals surface area contributed by atoms with Crippen molar-refractivity contribution in [3.05, 3.63) is 88.2 Å². The van der Waals surface area contributed by atoms with Crippen molar-refractivity contribution in [2.45, 2.75) is 6.54 Å². The van der Waals surface area contributed by atoms with Gasteiger partial charge in [0.05, 0.1) is 42.6 Å². The number of methoxy groups -OCH3 is 1. The van der Waals surface area contributed by atoms with Crippen LogP contribution in [0.5, 0.6) is 5.75 Å². The molecule has 9 nitrogen and oxygen atoms in total. The van der Waals surface area contributed by atoms with Crippen LogP contribution in [0.2, 0.25) is 0 Å². The lowest BCUT2D eigenvalue weighted by atomic mass is 10.00. The highest BCUT2D eigenvalue weighted by Crippen LogP contribution is 2.31. The van der Waals surface area contributed by atoms with Crippen molar-refractivity contribution in [1.29, 1.82) is 5.26 Å². The molecule has 2 aromatic heterocycles. The quantitative estimate of drug-likeness (QED) is 0.308. The number of rotatable bonds is 7. The highest BCUT2D eigenvalue weighted by atomic mass is 16.5. The fourth-order valence-corrected chi connectivity index (χ4v) is 3.44. The van der Waals surface area contributed by atoms with Gasteiger partial charge in [-0.3, -0.25) is 14.2 Å². The summed E-state index contributed by atoms with van der Waals surface area (Å²) < 4.78 is 12.1. The summed E-state index contributed by atoms with van der Waals surface area (Å²) in [6, 6.07) is 15.1. The molecule has 2 heterocycles. The monoisotopic (exact) mass is 454 g/mol. The topological polar surface area (TPSA) is 124 Å². The fraction of sp³-hybridized carbons (Fsp3) is 0.120. The van der Waals surface area contributed by atoms with Crippen LogP contribution in [-0.4, -0.2) is 40.5 Å². The summed E-state index contributed by atoms with van der Waals surface area (Å²) in [5.41, 5.74) is 2.32. The van der Waals surface area contributed by atoms with Crippen LogP contribution in [0.25, 0.3) is 22.0 Å². The van der Waals surface area contributed by atoms with Gasteiger partial charge in [0.1, 0.15) is 30.4 Å². The standard InChI is InChI=1S/C25H18N4O5/c1-33-25(32)18-4-2-3-17(10-18)20-9-16(14-30)5-6-23(20)34-8-7-29-15-28-22-13-27-19(12-26)11-21(22)24(29)31/h2-6,9-11,13-15H,7-8H2,1H3. The number of nitriles is 1. The summed E-state index contributed by atoms with van der Waals surface area (Å²) in [5.74, 6) is -0.000764. The Morgan fingerprint density at radius 1 is 1.18 bits per heavy atom. The molecule has 34 heavy (non-hydrogen) atoms. The molecule has 0 aliphatic heterocycles. The Labute approximate surface area is 193 Å². The van der Waals surface area contributed by atoms with Gasteiger partial charge in [0.25, 0.3) is 5.56 Å². The molecule has 0 amide bonds. The van der Waals surface area contributed by atoms with Crippen molar-refractivity contribution in [3.63, 3.8) is 0 Å². The van der Waals surface area contributed by atoms with E-state index in [1.54, 1.807) is 42.5 Å². The minimum Gasteiger partial charge on any atom is -0.491 e. The van der Waals surface area contributed by atoms with E-state index in [9.17, 15) is 14.4 Å². The number of pyridine rings is 1. The Balaban J connectivity index is 1.60. The average Bonchev–Trinajstić information content (AvgIpc) is 2.89. The molecule has 0 aliphatic carbocycles. The number of carbonyl (C=O) groups is 2. The maximum Gasteiger partial charge on any atom is 0.337 e. The molecule has 0 N–H and O–H groups in total. The van der Waals surface area contributed by atoms with E-state index in [0.29, 0.717) is 38.9 Å². The SMILES string of the molecule is COC(=O)c1cccc(-c2cc(C=O)ccc2OCCn2cnc3cnc(C#N)cc3c2=O)c1. The normalized spacial score (nSPS) is 10.5. The minimum atomic E-state index is -0.478. The minimum absolute atomic E-state index is 0.132. The summed E-state index contributed by atoms with van der Waals surface area (Å²) in [5, 5.41) is 9.33. The van der Waals surface area contributed by atoms with Crippen LogP contribution >= 0.6 is 0 Å². The summed E-state index contributed by atoms with van der Waals surface area (Å²) in [4.78, 5) is 44.2. The largest absolute Gasteiger partial charge is 0.491 e. The molecule has 4 aromatic rings. The Kier molecular flexibility index (Phi) is 6.41. The number of fused-ring (bicyclic) bond motifs is 1. The first-order chi connectivity index (χ1) is 16.5. The molecule has 0 radical (unpaired) electrons. The third kappa shape index (κ3) is 4.52. The van der Waals surface area contributed by atoms with Gasteiger partial charge in [0, 0.05) is 11.1 Å². The molecule has 0 spiro atoms. The lowest BCUT2D eigenvalue weighted by Gasteiger charge is -2.14. The van der Waals surface area contributed by atoms with Crippen LogP contribution in [0.15, 0.2) is 65.8 Å². The van der Waals surface area contributed by atoms with Crippen molar-refractivity contribution in [2.24, 2.45) is 0 Å². The molecular formula is C25H18N4O5. The summed E-state index contributed by atoms with van der Waals surface area (Å²) in [7, 11) is 1.30. The molecule has 168 valence electrons. The van der Waals surface area contributed by atoms with Crippen molar-refractivity contribution in [3.8, 4) is 22.9 Å². The molecule has 0 atom stereocenters. The summed E-state index contributed by atoms with van der Waals surface area (Å²) in [6.07, 6.45) is 3.51. The van der Waals surface area contributed by atoms with Crippen LogP contribution < -0.4 is 10.3 Å². The van der Waals surface area contributed by atoms with Gasteiger partial charge in [-0.1, -0.05) is 12.1 Å². The van der Waals surface area contributed by atoms with Crippen molar-refractivity contribution < 1.29 is 19.1 Å². The summed E-state index contributed by atoms with van der Waals surface area (Å²) >= 11 is 0. The van der Waals surface area contributed by atoms with E-state index in [1.165, 1.54) is 30.3 Å². The molecule has 4 rings (SSSR count). The number of carbonyl (C=O) groups excluding carboxylic acids is 2. The van der Waals surface area contributed by atoms with Crippen LogP contribution in [0.4, 0.5) is 0 Å². The molecule has 0 fully saturated rings. The lowest BCUT2D eigenvalue weighted by Crippen LogP contribution is -2.23. The van der Waals surface area contributed by atoms with E-state index in [4.69, 9.17) is 14.7 Å². The fourth-order valence-electron chi connectivity index (χ4n) is 3.44. The predicted molar refractivity (Wildman–Crippen MR) is 123 cm³/mol. The Bertz CT molecular complexity index is 1500. The van der Waals surface area contributed by atoms with Gasteiger partial charge < -0.3 is 9.47 Å². The number of nitrogens with zero attached hydrogens (tertiary/aromatic N) is 4. The number of hydrogen-bond donors (Lipinski definition) is 0. The van der Waals surface area contributed by atoms with E-state index in [2.05, 4.69) is 9.97 Å². The molecule has 2 aromatic carbocycles. The predicted octanol–water partition coefficient (Wildman–Crippen LogP) is 3.01. The molecule has 0 saturated heterocycles. The first kappa shape index (κ1) is 22.4. The highest BCUT2D eigenvalue weighted by Gasteiger charge is 2.12. The van der Waals surface area contributed by atoms with Crippen LogP contribution in [0, 0.1) is 11.3 Å². The van der Waals surface area contributed by atoms with Crippen molar-refractivity contribution >= 4 is 23.2 Å². The number of aromatic nitrogens is 3. The second-order valence-electron chi connectivity index (χ2n) is 7.24. The Morgan fingerprint density at radius 3 is 2.79 bits per heavy atom. The van der Waals surface area contributed by atoms with Gasteiger partial charge in [0.15, 0.2) is 0 Å². The lowest BCUT2D eigenvalue weighted by molar-refractivity contribution is 0.0600. The highest BCUT2D eigenvalue weighted by molar-refractivity contribution is 5.91. The zero-order valence-electron chi connectivity index (χ0n) is 18.1. The molecule has 0 unspecified atom stereocenters. The average molecular weight is 454 g/mol. The van der Waals surface area contributed by atoms with E-state index in [0.717, 1.165) is 6.29 Å². The van der Waals surface area contributed by atoms with Gasteiger partial charge in [-0.2, -0.15) is 5.26 Å². The molecule has 0 saturated carbocycles. The maximum atomic E-state index is 12.8. The molecule has 0 bridgehead atoms. The number of hydrogen-bond acceptors (Lipinski definition) is 8.